The van der Waals surface area contributed by atoms with Gasteiger partial charge in [0.2, 0.25) is 0 Å². The van der Waals surface area contributed by atoms with E-state index in [1.165, 1.54) is 0 Å². The van der Waals surface area contributed by atoms with Crippen molar-refractivity contribution in [1.29, 1.82) is 0 Å². The van der Waals surface area contributed by atoms with Crippen molar-refractivity contribution in [2.45, 2.75) is 30.8 Å². The van der Waals surface area contributed by atoms with Crippen molar-refractivity contribution in [2.75, 3.05) is 18.8 Å². The van der Waals surface area contributed by atoms with Crippen LogP contribution in [0.5, 0.6) is 0 Å². The molecule has 8 heteroatoms. The molecule has 6 nitrogen and oxygen atoms in total. The minimum absolute atomic E-state index is 0.0316. The molecule has 0 bridgehead atoms. The van der Waals surface area contributed by atoms with Gasteiger partial charge >= 0.3 is 0 Å². The third-order valence-electron chi connectivity index (χ3n) is 4.49. The lowest BCUT2D eigenvalue weighted by atomic mass is 9.92. The summed E-state index contributed by atoms with van der Waals surface area (Å²) in [7, 11) is 1.83. The zero-order valence-corrected chi connectivity index (χ0v) is 15.4. The first-order valence-electron chi connectivity index (χ1n) is 7.98. The summed E-state index contributed by atoms with van der Waals surface area (Å²) in [6, 6.07) is 1.77. The van der Waals surface area contributed by atoms with E-state index in [1.807, 2.05) is 30.6 Å². The number of amides is 1. The van der Waals surface area contributed by atoms with E-state index in [4.69, 9.17) is 4.74 Å². The van der Waals surface area contributed by atoms with E-state index < -0.39 is 0 Å². The monoisotopic (exact) mass is 364 g/mol. The molecule has 2 aliphatic heterocycles. The van der Waals surface area contributed by atoms with E-state index in [1.54, 1.807) is 28.3 Å². The van der Waals surface area contributed by atoms with Crippen molar-refractivity contribution in [3.63, 3.8) is 0 Å². The number of thioether (sulfide) groups is 1. The number of carbonyl (C=O) groups is 1. The van der Waals surface area contributed by atoms with Gasteiger partial charge in [-0.2, -0.15) is 5.10 Å². The molecule has 128 valence electrons. The molecule has 0 unspecified atom stereocenters. The lowest BCUT2D eigenvalue weighted by Crippen LogP contribution is -2.60. The number of aromatic nitrogens is 3. The van der Waals surface area contributed by atoms with Crippen LogP contribution < -0.4 is 0 Å². The first kappa shape index (κ1) is 16.1. The highest BCUT2D eigenvalue weighted by atomic mass is 32.2. The molecule has 0 N–H and O–H groups in total. The second-order valence-electron chi connectivity index (χ2n) is 6.52. The number of carbonyl (C=O) groups excluding carboxylic acids is 1. The smallest absolute Gasteiger partial charge is 0.274 e. The fraction of sp³-hybridized carbons (Fsp3) is 0.562. The Balaban J connectivity index is 1.27. The molecular formula is C16H20N4O2S2. The summed E-state index contributed by atoms with van der Waals surface area (Å²) in [6.45, 7) is 4.18. The quantitative estimate of drug-likeness (QED) is 0.831. The Morgan fingerprint density at radius 2 is 2.33 bits per heavy atom. The molecule has 0 aromatic carbocycles. The molecule has 1 spiro atoms. The van der Waals surface area contributed by atoms with E-state index in [9.17, 15) is 4.79 Å². The molecule has 1 atom stereocenters. The number of aryl methyl sites for hydroxylation is 2. The van der Waals surface area contributed by atoms with Crippen LogP contribution in [0.4, 0.5) is 0 Å². The summed E-state index contributed by atoms with van der Waals surface area (Å²) in [5.74, 6) is 1.03. The lowest BCUT2D eigenvalue weighted by Gasteiger charge is -2.47. The number of ether oxygens (including phenoxy) is 1. The lowest BCUT2D eigenvalue weighted by molar-refractivity contribution is 0.0244. The van der Waals surface area contributed by atoms with Crippen molar-refractivity contribution < 1.29 is 9.53 Å². The standard InChI is InChI=1S/C16H20N4O2S2/c1-11-17-12(7-23-11)6-22-13-5-16(24-8-13)9-20(10-16)15(21)14-3-4-19(2)18-14/h3-4,7,13H,5-6,8-10H2,1-2H3/t13-/m0/s1. The highest BCUT2D eigenvalue weighted by Crippen LogP contribution is 2.46. The predicted molar refractivity (Wildman–Crippen MR) is 94.3 cm³/mol. The third kappa shape index (κ3) is 3.10. The van der Waals surface area contributed by atoms with E-state index >= 15 is 0 Å². The number of hydrogen-bond acceptors (Lipinski definition) is 6. The van der Waals surface area contributed by atoms with Crippen LogP contribution in [-0.2, 0) is 18.4 Å². The van der Waals surface area contributed by atoms with Crippen LogP contribution in [0.25, 0.3) is 0 Å². The van der Waals surface area contributed by atoms with E-state index in [0.717, 1.165) is 36.0 Å². The zero-order chi connectivity index (χ0) is 16.7. The SMILES string of the molecule is Cc1nc(CO[C@@H]2CSC3(C2)CN(C(=O)c2ccn(C)n2)C3)cs1. The normalized spacial score (nSPS) is 22.1. The topological polar surface area (TPSA) is 60.2 Å². The van der Waals surface area contributed by atoms with Gasteiger partial charge in [0.05, 0.1) is 28.2 Å². The number of rotatable bonds is 4. The van der Waals surface area contributed by atoms with E-state index in [2.05, 4.69) is 15.5 Å². The van der Waals surface area contributed by atoms with Gasteiger partial charge in [0.1, 0.15) is 5.69 Å². The van der Waals surface area contributed by atoms with Gasteiger partial charge in [-0.05, 0) is 19.4 Å². The first-order valence-corrected chi connectivity index (χ1v) is 9.85. The molecular weight excluding hydrogens is 344 g/mol. The Morgan fingerprint density at radius 3 is 3.00 bits per heavy atom. The summed E-state index contributed by atoms with van der Waals surface area (Å²) in [4.78, 5) is 18.7. The summed E-state index contributed by atoms with van der Waals surface area (Å²) in [6.07, 6.45) is 3.06. The average molecular weight is 364 g/mol. The van der Waals surface area contributed by atoms with Gasteiger partial charge in [-0.3, -0.25) is 9.48 Å². The highest BCUT2D eigenvalue weighted by molar-refractivity contribution is 8.01. The van der Waals surface area contributed by atoms with Gasteiger partial charge in [0.25, 0.3) is 5.91 Å². The fourth-order valence-corrected chi connectivity index (χ4v) is 5.44. The van der Waals surface area contributed by atoms with Crippen molar-refractivity contribution in [3.8, 4) is 0 Å². The van der Waals surface area contributed by atoms with Crippen LogP contribution in [0.15, 0.2) is 17.6 Å². The van der Waals surface area contributed by atoms with Crippen molar-refractivity contribution in [2.24, 2.45) is 7.05 Å². The Labute approximate surface area is 149 Å². The molecule has 2 aliphatic rings. The second kappa shape index (κ2) is 6.16. The minimum Gasteiger partial charge on any atom is -0.371 e. The second-order valence-corrected chi connectivity index (χ2v) is 9.08. The summed E-state index contributed by atoms with van der Waals surface area (Å²) in [5, 5.41) is 7.33. The van der Waals surface area contributed by atoms with Crippen LogP contribution in [0, 0.1) is 6.92 Å². The van der Waals surface area contributed by atoms with Crippen LogP contribution in [0.3, 0.4) is 0 Å². The Hall–Kier alpha value is -1.38. The molecule has 2 aromatic rings. The molecule has 2 aromatic heterocycles. The molecule has 2 saturated heterocycles. The third-order valence-corrected chi connectivity index (χ3v) is 6.88. The number of nitrogens with zero attached hydrogens (tertiary/aromatic N) is 4. The Morgan fingerprint density at radius 1 is 1.50 bits per heavy atom. The number of likely N-dealkylation sites (tertiary alicyclic amines) is 1. The van der Waals surface area contributed by atoms with Crippen molar-refractivity contribution in [3.05, 3.63) is 34.0 Å². The highest BCUT2D eigenvalue weighted by Gasteiger charge is 2.51. The maximum atomic E-state index is 12.4. The van der Waals surface area contributed by atoms with E-state index in [0.29, 0.717) is 12.3 Å². The van der Waals surface area contributed by atoms with Crippen LogP contribution in [0.2, 0.25) is 0 Å². The molecule has 1 amide bonds. The Kier molecular flexibility index (Phi) is 4.14. The van der Waals surface area contributed by atoms with E-state index in [-0.39, 0.29) is 16.8 Å². The molecule has 0 aliphatic carbocycles. The molecule has 2 fully saturated rings. The predicted octanol–water partition coefficient (Wildman–Crippen LogP) is 2.10. The largest absolute Gasteiger partial charge is 0.371 e. The van der Waals surface area contributed by atoms with Gasteiger partial charge in [-0.25, -0.2) is 4.98 Å². The molecule has 0 saturated carbocycles. The molecule has 0 radical (unpaired) electrons. The van der Waals surface area contributed by atoms with Crippen LogP contribution in [0.1, 0.15) is 27.6 Å². The zero-order valence-electron chi connectivity index (χ0n) is 13.8. The molecule has 4 heterocycles. The number of hydrogen-bond donors (Lipinski definition) is 0. The summed E-state index contributed by atoms with van der Waals surface area (Å²) >= 11 is 3.60. The van der Waals surface area contributed by atoms with Crippen molar-refractivity contribution in [1.82, 2.24) is 19.7 Å². The minimum atomic E-state index is 0.0316. The van der Waals surface area contributed by atoms with Gasteiger partial charge in [0, 0.05) is 37.5 Å². The number of thiazole rings is 1. The molecule has 4 rings (SSSR count). The average Bonchev–Trinajstić information content (AvgIpc) is 3.22. The van der Waals surface area contributed by atoms with Gasteiger partial charge in [-0.1, -0.05) is 0 Å². The summed E-state index contributed by atoms with van der Waals surface area (Å²) < 4.78 is 7.86. The maximum Gasteiger partial charge on any atom is 0.274 e. The first-order chi connectivity index (χ1) is 11.5. The maximum absolute atomic E-state index is 12.4. The van der Waals surface area contributed by atoms with Crippen LogP contribution in [-0.4, -0.2) is 55.3 Å². The Bertz CT molecular complexity index is 751. The fourth-order valence-electron chi connectivity index (χ4n) is 3.29. The van der Waals surface area contributed by atoms with Crippen molar-refractivity contribution >= 4 is 29.0 Å². The van der Waals surface area contributed by atoms with Crippen LogP contribution >= 0.6 is 23.1 Å². The summed E-state index contributed by atoms with van der Waals surface area (Å²) in [5.41, 5.74) is 1.55. The molecule has 24 heavy (non-hydrogen) atoms. The van der Waals surface area contributed by atoms with Gasteiger partial charge in [0.15, 0.2) is 0 Å². The van der Waals surface area contributed by atoms with Gasteiger partial charge < -0.3 is 9.64 Å². The van der Waals surface area contributed by atoms with Gasteiger partial charge in [-0.15, -0.1) is 23.1 Å².